The lowest BCUT2D eigenvalue weighted by molar-refractivity contribution is 0.627. The first kappa shape index (κ1) is 13.2. The van der Waals surface area contributed by atoms with Crippen molar-refractivity contribution >= 4 is 34.6 Å². The number of nitrogens with zero attached hydrogens (tertiary/aromatic N) is 1. The Hall–Kier alpha value is -1.25. The van der Waals surface area contributed by atoms with Crippen molar-refractivity contribution in [1.29, 1.82) is 0 Å². The Bertz CT molecular complexity index is 557. The Kier molecular flexibility index (Phi) is 4.10. The van der Waals surface area contributed by atoms with Gasteiger partial charge in [0, 0.05) is 12.9 Å². The Morgan fingerprint density at radius 3 is 2.44 bits per heavy atom. The molecule has 0 unspecified atom stereocenters. The van der Waals surface area contributed by atoms with Crippen molar-refractivity contribution in [3.05, 3.63) is 58.9 Å². The highest BCUT2D eigenvalue weighted by molar-refractivity contribution is 6.33. The number of hydrogen-bond acceptors (Lipinski definition) is 1. The van der Waals surface area contributed by atoms with Crippen molar-refractivity contribution < 1.29 is 4.39 Å². The third kappa shape index (κ3) is 2.60. The van der Waals surface area contributed by atoms with E-state index in [1.54, 1.807) is 36.2 Å². The van der Waals surface area contributed by atoms with Gasteiger partial charge >= 0.3 is 0 Å². The largest absolute Gasteiger partial charge is 0.341 e. The zero-order chi connectivity index (χ0) is 13.1. The lowest BCUT2D eigenvalue weighted by Crippen LogP contribution is -2.11. The van der Waals surface area contributed by atoms with E-state index in [2.05, 4.69) is 0 Å². The summed E-state index contributed by atoms with van der Waals surface area (Å²) in [6, 6.07) is 12.1. The molecule has 4 heteroatoms. The fourth-order valence-corrected chi connectivity index (χ4v) is 2.26. The highest BCUT2D eigenvalue weighted by Gasteiger charge is 2.12. The second-order valence-electron chi connectivity index (χ2n) is 3.93. The molecule has 0 saturated heterocycles. The molecule has 0 radical (unpaired) electrons. The zero-order valence-electron chi connectivity index (χ0n) is 9.83. The Morgan fingerprint density at radius 2 is 1.83 bits per heavy atom. The molecule has 0 atom stereocenters. The van der Waals surface area contributed by atoms with E-state index in [4.69, 9.17) is 23.2 Å². The van der Waals surface area contributed by atoms with Gasteiger partial charge in [0.1, 0.15) is 5.82 Å². The molecule has 0 aliphatic carbocycles. The van der Waals surface area contributed by atoms with Gasteiger partial charge in [0.05, 0.1) is 16.4 Å². The van der Waals surface area contributed by atoms with Gasteiger partial charge in [0.2, 0.25) is 0 Å². The number of alkyl halides is 1. The van der Waals surface area contributed by atoms with E-state index in [0.29, 0.717) is 16.6 Å². The Morgan fingerprint density at radius 1 is 1.11 bits per heavy atom. The number of hydrogen-bond donors (Lipinski definition) is 0. The van der Waals surface area contributed by atoms with Gasteiger partial charge in [0.15, 0.2) is 0 Å². The van der Waals surface area contributed by atoms with Gasteiger partial charge < -0.3 is 4.90 Å². The van der Waals surface area contributed by atoms with Crippen LogP contribution in [0.1, 0.15) is 5.56 Å². The quantitative estimate of drug-likeness (QED) is 0.718. The Balaban J connectivity index is 2.40. The number of rotatable bonds is 3. The van der Waals surface area contributed by atoms with Gasteiger partial charge in [-0.1, -0.05) is 29.8 Å². The lowest BCUT2D eigenvalue weighted by Gasteiger charge is -2.21. The maximum absolute atomic E-state index is 13.7. The molecule has 2 rings (SSSR count). The molecule has 1 nitrogen and oxygen atoms in total. The van der Waals surface area contributed by atoms with E-state index in [1.165, 1.54) is 6.07 Å². The zero-order valence-corrected chi connectivity index (χ0v) is 11.3. The molecule has 0 aliphatic rings. The van der Waals surface area contributed by atoms with Crippen LogP contribution in [0.3, 0.4) is 0 Å². The van der Waals surface area contributed by atoms with Crippen molar-refractivity contribution in [2.75, 3.05) is 11.9 Å². The summed E-state index contributed by atoms with van der Waals surface area (Å²) < 4.78 is 13.7. The van der Waals surface area contributed by atoms with Crippen molar-refractivity contribution in [2.24, 2.45) is 0 Å². The van der Waals surface area contributed by atoms with Gasteiger partial charge in [-0.25, -0.2) is 4.39 Å². The van der Waals surface area contributed by atoms with Crippen molar-refractivity contribution in [1.82, 2.24) is 0 Å². The van der Waals surface area contributed by atoms with Crippen LogP contribution in [0.5, 0.6) is 0 Å². The van der Waals surface area contributed by atoms with Gasteiger partial charge in [-0.3, -0.25) is 0 Å². The van der Waals surface area contributed by atoms with E-state index in [9.17, 15) is 4.39 Å². The van der Waals surface area contributed by atoms with Crippen LogP contribution in [0.4, 0.5) is 15.8 Å². The fraction of sp³-hybridized carbons (Fsp3) is 0.143. The van der Waals surface area contributed by atoms with Gasteiger partial charge in [-0.05, 0) is 29.8 Å². The summed E-state index contributed by atoms with van der Waals surface area (Å²) in [4.78, 5) is 1.72. The second kappa shape index (κ2) is 5.59. The molecule has 0 amide bonds. The summed E-state index contributed by atoms with van der Waals surface area (Å²) in [6.07, 6.45) is 0. The van der Waals surface area contributed by atoms with Crippen LogP contribution in [0.15, 0.2) is 42.5 Å². The summed E-state index contributed by atoms with van der Waals surface area (Å²) >= 11 is 11.9. The lowest BCUT2D eigenvalue weighted by atomic mass is 10.2. The molecule has 2 aromatic carbocycles. The molecule has 0 heterocycles. The first-order valence-electron chi connectivity index (χ1n) is 5.46. The van der Waals surface area contributed by atoms with Crippen LogP contribution in [0.25, 0.3) is 0 Å². The molecular weight excluding hydrogens is 272 g/mol. The molecule has 2 aromatic rings. The monoisotopic (exact) mass is 283 g/mol. The first-order valence-corrected chi connectivity index (χ1v) is 6.37. The summed E-state index contributed by atoms with van der Waals surface area (Å²) in [5, 5.41) is 0.555. The third-order valence-corrected chi connectivity index (χ3v) is 3.35. The van der Waals surface area contributed by atoms with Crippen molar-refractivity contribution in [3.8, 4) is 0 Å². The van der Waals surface area contributed by atoms with E-state index in [-0.39, 0.29) is 5.82 Å². The average molecular weight is 284 g/mol. The second-order valence-corrected chi connectivity index (χ2v) is 4.60. The molecule has 0 N–H and O–H groups in total. The summed E-state index contributed by atoms with van der Waals surface area (Å²) in [6.45, 7) is 0. The van der Waals surface area contributed by atoms with Crippen LogP contribution < -0.4 is 4.90 Å². The molecular formula is C14H12Cl2FN. The van der Waals surface area contributed by atoms with Crippen LogP contribution in [-0.4, -0.2) is 7.05 Å². The number of benzene rings is 2. The molecule has 0 fully saturated rings. The summed E-state index contributed by atoms with van der Waals surface area (Å²) in [5.74, 6) is 0.126. The molecule has 18 heavy (non-hydrogen) atoms. The maximum atomic E-state index is 13.7. The van der Waals surface area contributed by atoms with Gasteiger partial charge in [-0.2, -0.15) is 0 Å². The first-order chi connectivity index (χ1) is 8.63. The van der Waals surface area contributed by atoms with Crippen LogP contribution in [-0.2, 0) is 5.88 Å². The molecule has 0 saturated carbocycles. The SMILES string of the molecule is CN(c1ccccc1F)c1ccc(CCl)cc1Cl. The maximum Gasteiger partial charge on any atom is 0.146 e. The minimum atomic E-state index is -0.280. The van der Waals surface area contributed by atoms with Gasteiger partial charge in [0.25, 0.3) is 0 Å². The molecule has 0 spiro atoms. The highest BCUT2D eigenvalue weighted by atomic mass is 35.5. The van der Waals surface area contributed by atoms with Crippen molar-refractivity contribution in [3.63, 3.8) is 0 Å². The highest BCUT2D eigenvalue weighted by Crippen LogP contribution is 2.32. The average Bonchev–Trinajstić information content (AvgIpc) is 2.38. The van der Waals surface area contributed by atoms with E-state index >= 15 is 0 Å². The minimum absolute atomic E-state index is 0.280. The summed E-state index contributed by atoms with van der Waals surface area (Å²) in [5.41, 5.74) is 2.17. The summed E-state index contributed by atoms with van der Waals surface area (Å²) in [7, 11) is 1.78. The van der Waals surface area contributed by atoms with Gasteiger partial charge in [-0.15, -0.1) is 11.6 Å². The third-order valence-electron chi connectivity index (χ3n) is 2.74. The number of halogens is 3. The van der Waals surface area contributed by atoms with Crippen molar-refractivity contribution in [2.45, 2.75) is 5.88 Å². The smallest absolute Gasteiger partial charge is 0.146 e. The normalized spacial score (nSPS) is 10.4. The standard InChI is InChI=1S/C14H12Cl2FN/c1-18(14-5-3-2-4-12(14)17)13-7-6-10(9-15)8-11(13)16/h2-8H,9H2,1H3. The van der Waals surface area contributed by atoms with Crippen LogP contribution in [0, 0.1) is 5.82 Å². The van der Waals surface area contributed by atoms with Crippen LogP contribution >= 0.6 is 23.2 Å². The van der Waals surface area contributed by atoms with E-state index in [1.807, 2.05) is 12.1 Å². The van der Waals surface area contributed by atoms with E-state index in [0.717, 1.165) is 11.3 Å². The van der Waals surface area contributed by atoms with E-state index < -0.39 is 0 Å². The number of anilines is 2. The predicted molar refractivity (Wildman–Crippen MR) is 75.5 cm³/mol. The molecule has 94 valence electrons. The minimum Gasteiger partial charge on any atom is -0.341 e. The predicted octanol–water partition coefficient (Wildman–Crippen LogP) is 4.99. The molecule has 0 aromatic heterocycles. The molecule has 0 bridgehead atoms. The topological polar surface area (TPSA) is 3.24 Å². The number of para-hydroxylation sites is 1. The van der Waals surface area contributed by atoms with Crippen LogP contribution in [0.2, 0.25) is 5.02 Å². The fourth-order valence-electron chi connectivity index (χ4n) is 1.76. The molecule has 0 aliphatic heterocycles. The Labute approximate surface area is 116 Å².